The molecule has 5 heteroatoms. The maximum Gasteiger partial charge on any atom is 0.196 e. The molecule has 3 aromatic rings. The number of nitrogens with two attached hydrogens (primary N) is 1. The molecule has 0 fully saturated rings. The topological polar surface area (TPSA) is 84.7 Å². The van der Waals surface area contributed by atoms with Crippen LogP contribution in [0.2, 0.25) is 0 Å². The third kappa shape index (κ3) is 1.53. The summed E-state index contributed by atoms with van der Waals surface area (Å²) in [6.45, 7) is 0. The monoisotopic (exact) mass is 238 g/mol. The molecule has 88 valence electrons. The zero-order valence-electron chi connectivity index (χ0n) is 9.42. The molecule has 0 saturated carbocycles. The minimum Gasteiger partial charge on any atom is -0.397 e. The third-order valence-electron chi connectivity index (χ3n) is 2.80. The van der Waals surface area contributed by atoms with Gasteiger partial charge in [-0.1, -0.05) is 30.3 Å². The first kappa shape index (κ1) is 10.5. The number of pyridine rings is 1. The Labute approximate surface area is 103 Å². The van der Waals surface area contributed by atoms with Gasteiger partial charge < -0.3 is 5.73 Å². The maximum atomic E-state index is 12.3. The Hall–Kier alpha value is -2.69. The number of aromatic amines is 1. The number of carbonyl (C=O) groups is 1. The minimum atomic E-state index is -0.135. The number of hydrogen-bond acceptors (Lipinski definition) is 4. The van der Waals surface area contributed by atoms with Crippen LogP contribution in [0.5, 0.6) is 0 Å². The first-order chi connectivity index (χ1) is 8.77. The molecule has 3 rings (SSSR count). The molecule has 0 saturated heterocycles. The third-order valence-corrected chi connectivity index (χ3v) is 2.80. The van der Waals surface area contributed by atoms with Crippen LogP contribution in [-0.2, 0) is 0 Å². The number of H-pyrrole nitrogens is 1. The lowest BCUT2D eigenvalue weighted by Crippen LogP contribution is -2.06. The SMILES string of the molecule is Nc1c(C(=O)c2ccccc2)cnc2[nH]ncc12. The van der Waals surface area contributed by atoms with Crippen molar-refractivity contribution in [2.24, 2.45) is 0 Å². The van der Waals surface area contributed by atoms with Crippen molar-refractivity contribution in [2.45, 2.75) is 0 Å². The Kier molecular flexibility index (Phi) is 2.30. The van der Waals surface area contributed by atoms with Gasteiger partial charge in [0.25, 0.3) is 0 Å². The molecule has 0 spiro atoms. The lowest BCUT2D eigenvalue weighted by atomic mass is 10.0. The normalized spacial score (nSPS) is 10.7. The summed E-state index contributed by atoms with van der Waals surface area (Å²) in [4.78, 5) is 16.4. The number of carbonyl (C=O) groups excluding carboxylic acids is 1. The molecular weight excluding hydrogens is 228 g/mol. The van der Waals surface area contributed by atoms with E-state index in [1.54, 1.807) is 18.3 Å². The highest BCUT2D eigenvalue weighted by Crippen LogP contribution is 2.23. The number of benzene rings is 1. The van der Waals surface area contributed by atoms with E-state index in [0.29, 0.717) is 27.8 Å². The second kappa shape index (κ2) is 3.96. The van der Waals surface area contributed by atoms with Crippen LogP contribution in [0.25, 0.3) is 11.0 Å². The molecule has 0 atom stereocenters. The number of ketones is 1. The molecule has 0 radical (unpaired) electrons. The number of nitrogens with zero attached hydrogens (tertiary/aromatic N) is 2. The molecule has 0 unspecified atom stereocenters. The molecule has 0 amide bonds. The summed E-state index contributed by atoms with van der Waals surface area (Å²) >= 11 is 0. The van der Waals surface area contributed by atoms with E-state index in [9.17, 15) is 4.79 Å². The van der Waals surface area contributed by atoms with Gasteiger partial charge in [-0.2, -0.15) is 5.10 Å². The van der Waals surface area contributed by atoms with Gasteiger partial charge >= 0.3 is 0 Å². The van der Waals surface area contributed by atoms with E-state index in [1.165, 1.54) is 6.20 Å². The molecule has 2 aromatic heterocycles. The van der Waals surface area contributed by atoms with Crippen molar-refractivity contribution >= 4 is 22.5 Å². The minimum absolute atomic E-state index is 0.135. The molecule has 3 N–H and O–H groups in total. The van der Waals surface area contributed by atoms with Gasteiger partial charge in [-0.3, -0.25) is 9.89 Å². The largest absolute Gasteiger partial charge is 0.397 e. The first-order valence-corrected chi connectivity index (χ1v) is 5.44. The second-order valence-electron chi connectivity index (χ2n) is 3.91. The Morgan fingerprint density at radius 2 is 1.94 bits per heavy atom. The molecule has 0 aliphatic heterocycles. The fourth-order valence-corrected chi connectivity index (χ4v) is 1.84. The smallest absolute Gasteiger partial charge is 0.196 e. The van der Waals surface area contributed by atoms with Gasteiger partial charge in [0.15, 0.2) is 11.4 Å². The first-order valence-electron chi connectivity index (χ1n) is 5.44. The number of nitrogens with one attached hydrogen (secondary N) is 1. The van der Waals surface area contributed by atoms with Crippen LogP contribution in [-0.4, -0.2) is 21.0 Å². The summed E-state index contributed by atoms with van der Waals surface area (Å²) in [6, 6.07) is 8.99. The van der Waals surface area contributed by atoms with Crippen LogP contribution in [0.3, 0.4) is 0 Å². The lowest BCUT2D eigenvalue weighted by Gasteiger charge is -2.04. The second-order valence-corrected chi connectivity index (χ2v) is 3.91. The van der Waals surface area contributed by atoms with Crippen molar-refractivity contribution in [3.63, 3.8) is 0 Å². The Bertz CT molecular complexity index is 718. The summed E-state index contributed by atoms with van der Waals surface area (Å²) in [5, 5.41) is 7.23. The van der Waals surface area contributed by atoms with E-state index < -0.39 is 0 Å². The quantitative estimate of drug-likeness (QED) is 0.666. The summed E-state index contributed by atoms with van der Waals surface area (Å²) in [6.07, 6.45) is 3.05. The van der Waals surface area contributed by atoms with Crippen LogP contribution < -0.4 is 5.73 Å². The van der Waals surface area contributed by atoms with Crippen LogP contribution in [0.1, 0.15) is 15.9 Å². The Morgan fingerprint density at radius 3 is 2.72 bits per heavy atom. The predicted octanol–water partition coefficient (Wildman–Crippen LogP) is 1.77. The van der Waals surface area contributed by atoms with Crippen molar-refractivity contribution in [1.82, 2.24) is 15.2 Å². The van der Waals surface area contributed by atoms with E-state index in [1.807, 2.05) is 18.2 Å². The highest BCUT2D eigenvalue weighted by atomic mass is 16.1. The van der Waals surface area contributed by atoms with Gasteiger partial charge in [0.2, 0.25) is 0 Å². The lowest BCUT2D eigenvalue weighted by molar-refractivity contribution is 0.103. The van der Waals surface area contributed by atoms with E-state index >= 15 is 0 Å². The molecule has 0 bridgehead atoms. The molecule has 5 nitrogen and oxygen atoms in total. The zero-order valence-corrected chi connectivity index (χ0v) is 9.42. The van der Waals surface area contributed by atoms with Gasteiger partial charge in [0.1, 0.15) is 0 Å². The number of anilines is 1. The van der Waals surface area contributed by atoms with E-state index in [2.05, 4.69) is 15.2 Å². The molecule has 2 heterocycles. The van der Waals surface area contributed by atoms with E-state index in [0.717, 1.165) is 0 Å². The molecule has 0 aliphatic carbocycles. The number of rotatable bonds is 2. The van der Waals surface area contributed by atoms with Gasteiger partial charge in [0.05, 0.1) is 22.8 Å². The van der Waals surface area contributed by atoms with Gasteiger partial charge in [0, 0.05) is 11.8 Å². The highest BCUT2D eigenvalue weighted by Gasteiger charge is 2.15. The molecular formula is C13H10N4O. The van der Waals surface area contributed by atoms with Gasteiger partial charge in [-0.05, 0) is 0 Å². The average molecular weight is 238 g/mol. The highest BCUT2D eigenvalue weighted by molar-refractivity contribution is 6.14. The molecule has 0 aliphatic rings. The van der Waals surface area contributed by atoms with Crippen LogP contribution in [0.15, 0.2) is 42.7 Å². The van der Waals surface area contributed by atoms with E-state index in [-0.39, 0.29) is 5.78 Å². The van der Waals surface area contributed by atoms with Crippen LogP contribution in [0, 0.1) is 0 Å². The van der Waals surface area contributed by atoms with Crippen molar-refractivity contribution < 1.29 is 4.79 Å². The van der Waals surface area contributed by atoms with Crippen molar-refractivity contribution in [2.75, 3.05) is 5.73 Å². The standard InChI is InChI=1S/C13H10N4O/c14-11-9(6-15-13-10(11)7-16-17-13)12(18)8-4-2-1-3-5-8/h1-7H,(H3,14,15,16,17). The number of nitrogen functional groups attached to an aromatic ring is 1. The summed E-state index contributed by atoms with van der Waals surface area (Å²) in [5.41, 5.74) is 7.96. The summed E-state index contributed by atoms with van der Waals surface area (Å²) in [7, 11) is 0. The Balaban J connectivity index is 2.15. The Morgan fingerprint density at radius 1 is 1.17 bits per heavy atom. The van der Waals surface area contributed by atoms with Gasteiger partial charge in [-0.15, -0.1) is 0 Å². The van der Waals surface area contributed by atoms with Gasteiger partial charge in [-0.25, -0.2) is 4.98 Å². The van der Waals surface area contributed by atoms with E-state index in [4.69, 9.17) is 5.73 Å². The van der Waals surface area contributed by atoms with Crippen molar-refractivity contribution in [3.05, 3.63) is 53.9 Å². The number of aromatic nitrogens is 3. The fourth-order valence-electron chi connectivity index (χ4n) is 1.84. The maximum absolute atomic E-state index is 12.3. The van der Waals surface area contributed by atoms with Crippen molar-refractivity contribution in [1.29, 1.82) is 0 Å². The molecule has 1 aromatic carbocycles. The zero-order chi connectivity index (χ0) is 12.5. The fraction of sp³-hybridized carbons (Fsp3) is 0. The number of hydrogen-bond donors (Lipinski definition) is 2. The summed E-state index contributed by atoms with van der Waals surface area (Å²) in [5.74, 6) is -0.135. The number of fused-ring (bicyclic) bond motifs is 1. The van der Waals surface area contributed by atoms with Crippen LogP contribution >= 0.6 is 0 Å². The predicted molar refractivity (Wildman–Crippen MR) is 68.2 cm³/mol. The average Bonchev–Trinajstić information content (AvgIpc) is 2.89. The summed E-state index contributed by atoms with van der Waals surface area (Å²) < 4.78 is 0. The van der Waals surface area contributed by atoms with Crippen LogP contribution in [0.4, 0.5) is 5.69 Å². The van der Waals surface area contributed by atoms with Crippen molar-refractivity contribution in [3.8, 4) is 0 Å². The molecule has 18 heavy (non-hydrogen) atoms.